The predicted molar refractivity (Wildman–Crippen MR) is 84.2 cm³/mol. The van der Waals surface area contributed by atoms with Gasteiger partial charge in [0.2, 0.25) is 0 Å². The summed E-state index contributed by atoms with van der Waals surface area (Å²) in [5, 5.41) is 13.5. The molecule has 21 heavy (non-hydrogen) atoms. The molecule has 0 aliphatic rings. The van der Waals surface area contributed by atoms with Crippen LogP contribution in [0.5, 0.6) is 0 Å². The van der Waals surface area contributed by atoms with Crippen LogP contribution in [0.1, 0.15) is 31.4 Å². The van der Waals surface area contributed by atoms with Gasteiger partial charge in [-0.15, -0.1) is 0 Å². The minimum Gasteiger partial charge on any atom is -0.480 e. The number of carboxylic acids is 1. The summed E-state index contributed by atoms with van der Waals surface area (Å²) in [7, 11) is 0. The number of benzene rings is 1. The smallest absolute Gasteiger partial charge is 0.320 e. The van der Waals surface area contributed by atoms with Crippen LogP contribution >= 0.6 is 0 Å². The normalized spacial score (nSPS) is 12.8. The predicted octanol–water partition coefficient (Wildman–Crippen LogP) is 3.13. The molecule has 1 atom stereocenters. The van der Waals surface area contributed by atoms with Crippen molar-refractivity contribution in [2.24, 2.45) is 5.92 Å². The molecule has 1 aromatic heterocycles. The Morgan fingerprint density at radius 1 is 1.38 bits per heavy atom. The summed E-state index contributed by atoms with van der Waals surface area (Å²) in [5.74, 6) is -0.441. The fraction of sp³-hybridized carbons (Fsp3) is 0.412. The van der Waals surface area contributed by atoms with Gasteiger partial charge < -0.3 is 10.4 Å². The van der Waals surface area contributed by atoms with E-state index in [0.29, 0.717) is 18.9 Å². The maximum Gasteiger partial charge on any atom is 0.320 e. The molecule has 1 heterocycles. The fourth-order valence-electron chi connectivity index (χ4n) is 2.54. The van der Waals surface area contributed by atoms with Gasteiger partial charge in [-0.05, 0) is 42.5 Å². The lowest BCUT2D eigenvalue weighted by atomic mass is 10.0. The zero-order chi connectivity index (χ0) is 15.4. The van der Waals surface area contributed by atoms with E-state index in [9.17, 15) is 9.90 Å². The molecule has 2 rings (SSSR count). The van der Waals surface area contributed by atoms with Gasteiger partial charge in [0, 0.05) is 18.1 Å². The van der Waals surface area contributed by atoms with E-state index in [4.69, 9.17) is 0 Å². The van der Waals surface area contributed by atoms with Crippen LogP contribution in [0.25, 0.3) is 10.9 Å². The number of aliphatic carboxylic acids is 1. The van der Waals surface area contributed by atoms with Crippen molar-refractivity contribution in [3.05, 3.63) is 41.6 Å². The summed E-state index contributed by atoms with van der Waals surface area (Å²) in [6.07, 6.45) is 2.42. The lowest BCUT2D eigenvalue weighted by Crippen LogP contribution is -2.37. The second-order valence-corrected chi connectivity index (χ2v) is 5.89. The lowest BCUT2D eigenvalue weighted by Gasteiger charge is -2.17. The van der Waals surface area contributed by atoms with E-state index in [1.165, 1.54) is 0 Å². The highest BCUT2D eigenvalue weighted by atomic mass is 16.4. The molecule has 2 N–H and O–H groups in total. The highest BCUT2D eigenvalue weighted by molar-refractivity contribution is 5.82. The van der Waals surface area contributed by atoms with Crippen molar-refractivity contribution in [3.8, 4) is 0 Å². The van der Waals surface area contributed by atoms with Gasteiger partial charge in [-0.2, -0.15) is 0 Å². The summed E-state index contributed by atoms with van der Waals surface area (Å²) in [6, 6.07) is 7.57. The van der Waals surface area contributed by atoms with Crippen LogP contribution in [0.3, 0.4) is 0 Å². The highest BCUT2D eigenvalue weighted by Gasteiger charge is 2.18. The topological polar surface area (TPSA) is 62.2 Å². The second-order valence-electron chi connectivity index (χ2n) is 5.89. The van der Waals surface area contributed by atoms with E-state index in [1.54, 1.807) is 6.20 Å². The summed E-state index contributed by atoms with van der Waals surface area (Å²) in [6.45, 7) is 6.64. The Morgan fingerprint density at radius 2 is 2.14 bits per heavy atom. The van der Waals surface area contributed by atoms with E-state index in [1.807, 2.05) is 32.9 Å². The molecular weight excluding hydrogens is 264 g/mol. The van der Waals surface area contributed by atoms with Crippen LogP contribution < -0.4 is 5.32 Å². The summed E-state index contributed by atoms with van der Waals surface area (Å²) in [4.78, 5) is 15.6. The van der Waals surface area contributed by atoms with Crippen molar-refractivity contribution in [1.82, 2.24) is 10.3 Å². The molecule has 4 heteroatoms. The molecule has 0 aliphatic heterocycles. The number of carbonyl (C=O) groups is 1. The van der Waals surface area contributed by atoms with Crippen LogP contribution in [0.2, 0.25) is 0 Å². The van der Waals surface area contributed by atoms with Gasteiger partial charge in [0.05, 0.1) is 5.52 Å². The molecule has 2 aromatic rings. The molecule has 112 valence electrons. The Labute approximate surface area is 125 Å². The second kappa shape index (κ2) is 6.68. The molecular formula is C17H22N2O2. The number of fused-ring (bicyclic) bond motifs is 1. The fourth-order valence-corrected chi connectivity index (χ4v) is 2.54. The number of carboxylic acid groups (broad SMARTS) is 1. The zero-order valence-electron chi connectivity index (χ0n) is 12.8. The third-order valence-corrected chi connectivity index (χ3v) is 3.51. The average molecular weight is 286 g/mol. The van der Waals surface area contributed by atoms with E-state index >= 15 is 0 Å². The number of aryl methyl sites for hydroxylation is 1. The van der Waals surface area contributed by atoms with Crippen LogP contribution in [0.4, 0.5) is 0 Å². The summed E-state index contributed by atoms with van der Waals surface area (Å²) < 4.78 is 0. The molecule has 0 aliphatic carbocycles. The molecule has 4 nitrogen and oxygen atoms in total. The molecule has 0 saturated carbocycles. The standard InChI is InChI=1S/C17H22N2O2/c1-11(2)7-15(17(20)21)19-10-13-8-12(3)16-14(9-13)5-4-6-18-16/h4-6,8-9,11,15,19H,7,10H2,1-3H3,(H,20,21)/t15-/m1/s1. The van der Waals surface area contributed by atoms with Crippen LogP contribution in [-0.2, 0) is 11.3 Å². The summed E-state index contributed by atoms with van der Waals surface area (Å²) in [5.41, 5.74) is 3.20. The van der Waals surface area contributed by atoms with E-state index in [0.717, 1.165) is 22.0 Å². The summed E-state index contributed by atoms with van der Waals surface area (Å²) >= 11 is 0. The Hall–Kier alpha value is -1.94. The highest BCUT2D eigenvalue weighted by Crippen LogP contribution is 2.18. The third-order valence-electron chi connectivity index (χ3n) is 3.51. The van der Waals surface area contributed by atoms with Crippen LogP contribution in [-0.4, -0.2) is 22.1 Å². The third kappa shape index (κ3) is 4.02. The monoisotopic (exact) mass is 286 g/mol. The Morgan fingerprint density at radius 3 is 2.81 bits per heavy atom. The van der Waals surface area contributed by atoms with E-state index in [-0.39, 0.29) is 0 Å². The number of rotatable bonds is 6. The number of nitrogens with zero attached hydrogens (tertiary/aromatic N) is 1. The molecule has 0 radical (unpaired) electrons. The Bertz CT molecular complexity index is 638. The molecule has 0 unspecified atom stereocenters. The quantitative estimate of drug-likeness (QED) is 0.856. The molecule has 0 saturated heterocycles. The molecule has 0 amide bonds. The first-order valence-corrected chi connectivity index (χ1v) is 7.28. The average Bonchev–Trinajstić information content (AvgIpc) is 2.43. The first-order chi connectivity index (χ1) is 9.97. The van der Waals surface area contributed by atoms with Gasteiger partial charge in [0.1, 0.15) is 6.04 Å². The number of nitrogens with one attached hydrogen (secondary N) is 1. The Balaban J connectivity index is 2.14. The maximum atomic E-state index is 11.3. The maximum absolute atomic E-state index is 11.3. The molecule has 0 spiro atoms. The SMILES string of the molecule is Cc1cc(CN[C@H](CC(C)C)C(=O)O)cc2cccnc12. The van der Waals surface area contributed by atoms with E-state index < -0.39 is 12.0 Å². The minimum atomic E-state index is -0.789. The zero-order valence-corrected chi connectivity index (χ0v) is 12.8. The first kappa shape index (κ1) is 15.4. The van der Waals surface area contributed by atoms with Crippen molar-refractivity contribution in [2.75, 3.05) is 0 Å². The van der Waals surface area contributed by atoms with Crippen LogP contribution in [0, 0.1) is 12.8 Å². The molecule has 1 aromatic carbocycles. The Kier molecular flexibility index (Phi) is 4.91. The number of hydrogen-bond acceptors (Lipinski definition) is 3. The van der Waals surface area contributed by atoms with Crippen molar-refractivity contribution >= 4 is 16.9 Å². The van der Waals surface area contributed by atoms with Crippen molar-refractivity contribution in [2.45, 2.75) is 39.8 Å². The number of pyridine rings is 1. The lowest BCUT2D eigenvalue weighted by molar-refractivity contribution is -0.140. The van der Waals surface area contributed by atoms with Crippen molar-refractivity contribution < 1.29 is 9.90 Å². The van der Waals surface area contributed by atoms with Gasteiger partial charge in [0.25, 0.3) is 0 Å². The van der Waals surface area contributed by atoms with Gasteiger partial charge in [-0.1, -0.05) is 26.0 Å². The van der Waals surface area contributed by atoms with Crippen molar-refractivity contribution in [3.63, 3.8) is 0 Å². The molecule has 0 bridgehead atoms. The van der Waals surface area contributed by atoms with E-state index in [2.05, 4.69) is 22.4 Å². The van der Waals surface area contributed by atoms with Gasteiger partial charge in [-0.25, -0.2) is 0 Å². The van der Waals surface area contributed by atoms with Gasteiger partial charge in [0.15, 0.2) is 0 Å². The van der Waals surface area contributed by atoms with Gasteiger partial charge in [-0.3, -0.25) is 9.78 Å². The minimum absolute atomic E-state index is 0.348. The number of hydrogen-bond donors (Lipinski definition) is 2. The largest absolute Gasteiger partial charge is 0.480 e. The van der Waals surface area contributed by atoms with Crippen molar-refractivity contribution in [1.29, 1.82) is 0 Å². The first-order valence-electron chi connectivity index (χ1n) is 7.28. The molecule has 0 fully saturated rings. The number of aromatic nitrogens is 1. The van der Waals surface area contributed by atoms with Gasteiger partial charge >= 0.3 is 5.97 Å². The van der Waals surface area contributed by atoms with Crippen LogP contribution in [0.15, 0.2) is 30.5 Å².